The molecule has 1 aromatic heterocycles. The molecule has 4 nitrogen and oxygen atoms in total. The van der Waals surface area contributed by atoms with Gasteiger partial charge in [-0.3, -0.25) is 0 Å². The lowest BCUT2D eigenvalue weighted by Gasteiger charge is -2.09. The van der Waals surface area contributed by atoms with E-state index in [-0.39, 0.29) is 0 Å². The molecule has 0 unspecified atom stereocenters. The molecular formula is C10H19BrN4. The van der Waals surface area contributed by atoms with E-state index in [4.69, 9.17) is 0 Å². The van der Waals surface area contributed by atoms with Crippen molar-refractivity contribution in [3.8, 4) is 0 Å². The Morgan fingerprint density at radius 2 is 2.27 bits per heavy atom. The number of hydrogen-bond donors (Lipinski definition) is 1. The van der Waals surface area contributed by atoms with Gasteiger partial charge in [0, 0.05) is 11.4 Å². The van der Waals surface area contributed by atoms with Crippen LogP contribution >= 0.6 is 15.9 Å². The van der Waals surface area contributed by atoms with Gasteiger partial charge in [-0.25, -0.2) is 9.67 Å². The highest BCUT2D eigenvalue weighted by Gasteiger charge is 2.05. The molecule has 15 heavy (non-hydrogen) atoms. The molecule has 0 spiro atoms. The van der Waals surface area contributed by atoms with Crippen LogP contribution < -0.4 is 5.32 Å². The fourth-order valence-corrected chi connectivity index (χ4v) is 1.77. The van der Waals surface area contributed by atoms with Gasteiger partial charge in [0.05, 0.1) is 6.54 Å². The van der Waals surface area contributed by atoms with Gasteiger partial charge in [-0.15, -0.1) is 0 Å². The molecule has 0 radical (unpaired) electrons. The third kappa shape index (κ3) is 4.30. The van der Waals surface area contributed by atoms with Crippen molar-refractivity contribution in [1.82, 2.24) is 20.1 Å². The first kappa shape index (κ1) is 12.6. The Morgan fingerprint density at radius 3 is 2.93 bits per heavy atom. The second-order valence-electron chi connectivity index (χ2n) is 3.79. The van der Waals surface area contributed by atoms with Crippen LogP contribution in [0.15, 0.2) is 6.33 Å². The summed E-state index contributed by atoms with van der Waals surface area (Å²) < 4.78 is 1.96. The zero-order valence-electron chi connectivity index (χ0n) is 9.41. The summed E-state index contributed by atoms with van der Waals surface area (Å²) in [7, 11) is 0. The van der Waals surface area contributed by atoms with Crippen molar-refractivity contribution in [2.24, 2.45) is 0 Å². The molecule has 0 bridgehead atoms. The van der Waals surface area contributed by atoms with Crippen LogP contribution in [0.4, 0.5) is 0 Å². The van der Waals surface area contributed by atoms with Gasteiger partial charge in [0.15, 0.2) is 0 Å². The van der Waals surface area contributed by atoms with Gasteiger partial charge < -0.3 is 5.32 Å². The Bertz CT molecular complexity index is 272. The number of nitrogens with one attached hydrogen (secondary N) is 1. The van der Waals surface area contributed by atoms with Gasteiger partial charge in [-0.1, -0.05) is 15.9 Å². The smallest absolute Gasteiger partial charge is 0.141 e. The Labute approximate surface area is 99.6 Å². The fraction of sp³-hybridized carbons (Fsp3) is 0.800. The monoisotopic (exact) mass is 274 g/mol. The fourth-order valence-electron chi connectivity index (χ4n) is 1.38. The summed E-state index contributed by atoms with van der Waals surface area (Å²) in [5.74, 6) is 1.02. The van der Waals surface area contributed by atoms with E-state index in [1.165, 1.54) is 12.8 Å². The molecule has 0 amide bonds. The SMILES string of the molecule is CC(C)n1ncnc1CNCCCCBr. The van der Waals surface area contributed by atoms with Crippen LogP contribution in [0.2, 0.25) is 0 Å². The van der Waals surface area contributed by atoms with Gasteiger partial charge in [0.1, 0.15) is 12.2 Å². The van der Waals surface area contributed by atoms with E-state index in [0.717, 1.165) is 24.2 Å². The number of nitrogens with zero attached hydrogens (tertiary/aromatic N) is 3. The largest absolute Gasteiger partial charge is 0.310 e. The van der Waals surface area contributed by atoms with Crippen molar-refractivity contribution in [2.75, 3.05) is 11.9 Å². The number of unbranched alkanes of at least 4 members (excludes halogenated alkanes) is 1. The average Bonchev–Trinajstić information content (AvgIpc) is 2.66. The van der Waals surface area contributed by atoms with Crippen LogP contribution in [0.5, 0.6) is 0 Å². The third-order valence-electron chi connectivity index (χ3n) is 2.16. The first-order chi connectivity index (χ1) is 7.25. The number of halogens is 1. The normalized spacial score (nSPS) is 11.2. The van der Waals surface area contributed by atoms with E-state index in [2.05, 4.69) is 45.2 Å². The van der Waals surface area contributed by atoms with E-state index in [1.807, 2.05) is 4.68 Å². The van der Waals surface area contributed by atoms with Crippen LogP contribution in [0.25, 0.3) is 0 Å². The van der Waals surface area contributed by atoms with E-state index in [0.29, 0.717) is 6.04 Å². The van der Waals surface area contributed by atoms with Gasteiger partial charge in [0.25, 0.3) is 0 Å². The summed E-state index contributed by atoms with van der Waals surface area (Å²) in [4.78, 5) is 4.24. The Balaban J connectivity index is 2.28. The summed E-state index contributed by atoms with van der Waals surface area (Å²) in [5, 5.41) is 8.64. The first-order valence-corrected chi connectivity index (χ1v) is 6.53. The van der Waals surface area contributed by atoms with Crippen molar-refractivity contribution >= 4 is 15.9 Å². The molecule has 0 saturated heterocycles. The summed E-state index contributed by atoms with van der Waals surface area (Å²) in [6, 6.07) is 0.381. The highest BCUT2D eigenvalue weighted by atomic mass is 79.9. The van der Waals surface area contributed by atoms with Crippen LogP contribution in [-0.4, -0.2) is 26.6 Å². The lowest BCUT2D eigenvalue weighted by Crippen LogP contribution is -2.19. The minimum Gasteiger partial charge on any atom is -0.310 e. The van der Waals surface area contributed by atoms with E-state index >= 15 is 0 Å². The maximum atomic E-state index is 4.24. The zero-order valence-corrected chi connectivity index (χ0v) is 11.0. The van der Waals surface area contributed by atoms with Crippen molar-refractivity contribution in [3.05, 3.63) is 12.2 Å². The van der Waals surface area contributed by atoms with Crippen LogP contribution in [0, 0.1) is 0 Å². The van der Waals surface area contributed by atoms with E-state index < -0.39 is 0 Å². The van der Waals surface area contributed by atoms with E-state index in [1.54, 1.807) is 6.33 Å². The molecule has 1 rings (SSSR count). The first-order valence-electron chi connectivity index (χ1n) is 5.40. The second-order valence-corrected chi connectivity index (χ2v) is 4.58. The molecule has 0 saturated carbocycles. The number of aromatic nitrogens is 3. The highest BCUT2D eigenvalue weighted by Crippen LogP contribution is 2.04. The summed E-state index contributed by atoms with van der Waals surface area (Å²) in [5.41, 5.74) is 0. The Morgan fingerprint density at radius 1 is 1.47 bits per heavy atom. The molecule has 0 aromatic carbocycles. The molecule has 1 N–H and O–H groups in total. The Kier molecular flexibility index (Phi) is 5.86. The molecule has 0 atom stereocenters. The molecule has 5 heteroatoms. The Hall–Kier alpha value is -0.420. The lowest BCUT2D eigenvalue weighted by molar-refractivity contribution is 0.488. The summed E-state index contributed by atoms with van der Waals surface area (Å²) >= 11 is 3.42. The third-order valence-corrected chi connectivity index (χ3v) is 2.72. The van der Waals surface area contributed by atoms with Crippen molar-refractivity contribution in [3.63, 3.8) is 0 Å². The maximum Gasteiger partial charge on any atom is 0.141 e. The van der Waals surface area contributed by atoms with Gasteiger partial charge in [0.2, 0.25) is 0 Å². The van der Waals surface area contributed by atoms with E-state index in [9.17, 15) is 0 Å². The van der Waals surface area contributed by atoms with Gasteiger partial charge in [-0.05, 0) is 33.2 Å². The number of alkyl halides is 1. The molecule has 0 aliphatic heterocycles. The predicted molar refractivity (Wildman–Crippen MR) is 65.1 cm³/mol. The number of rotatable bonds is 7. The van der Waals surface area contributed by atoms with Crippen molar-refractivity contribution < 1.29 is 0 Å². The lowest BCUT2D eigenvalue weighted by atomic mass is 10.3. The molecule has 1 heterocycles. The molecule has 0 aliphatic rings. The molecule has 0 aliphatic carbocycles. The highest BCUT2D eigenvalue weighted by molar-refractivity contribution is 9.09. The minimum absolute atomic E-state index is 0.381. The quantitative estimate of drug-likeness (QED) is 0.612. The minimum atomic E-state index is 0.381. The van der Waals surface area contributed by atoms with Crippen molar-refractivity contribution in [2.45, 2.75) is 39.3 Å². The molecular weight excluding hydrogens is 256 g/mol. The van der Waals surface area contributed by atoms with Gasteiger partial charge in [-0.2, -0.15) is 5.10 Å². The van der Waals surface area contributed by atoms with Crippen LogP contribution in [0.3, 0.4) is 0 Å². The summed E-state index contributed by atoms with van der Waals surface area (Å²) in [6.07, 6.45) is 4.03. The molecule has 86 valence electrons. The second kappa shape index (κ2) is 6.95. The molecule has 0 fully saturated rings. The zero-order chi connectivity index (χ0) is 11.1. The standard InChI is InChI=1S/C10H19BrN4/c1-9(2)15-10(13-8-14-15)7-12-6-4-3-5-11/h8-9,12H,3-7H2,1-2H3. The topological polar surface area (TPSA) is 42.7 Å². The van der Waals surface area contributed by atoms with Crippen LogP contribution in [0.1, 0.15) is 38.6 Å². The summed E-state index contributed by atoms with van der Waals surface area (Å²) in [6.45, 7) is 6.07. The maximum absolute atomic E-state index is 4.24. The molecule has 1 aromatic rings. The number of hydrogen-bond acceptors (Lipinski definition) is 3. The van der Waals surface area contributed by atoms with Crippen LogP contribution in [-0.2, 0) is 6.54 Å². The predicted octanol–water partition coefficient (Wildman–Crippen LogP) is 2.12. The average molecular weight is 275 g/mol. The van der Waals surface area contributed by atoms with Gasteiger partial charge >= 0.3 is 0 Å². The van der Waals surface area contributed by atoms with Crippen molar-refractivity contribution in [1.29, 1.82) is 0 Å².